The zero-order valence-electron chi connectivity index (χ0n) is 13.4. The number of hydrogen-bond acceptors (Lipinski definition) is 3. The van der Waals surface area contributed by atoms with Crippen LogP contribution >= 0.6 is 0 Å². The number of nitrogens with zero attached hydrogens (tertiary/aromatic N) is 2. The van der Waals surface area contributed by atoms with Gasteiger partial charge in [0.25, 0.3) is 5.91 Å². The Morgan fingerprint density at radius 2 is 1.67 bits per heavy atom. The Labute approximate surface area is 139 Å². The number of rotatable bonds is 3. The van der Waals surface area contributed by atoms with Crippen molar-refractivity contribution in [2.24, 2.45) is 5.73 Å². The Balaban J connectivity index is 2.26. The van der Waals surface area contributed by atoms with E-state index < -0.39 is 11.8 Å². The van der Waals surface area contributed by atoms with Crippen LogP contribution in [0, 0.1) is 0 Å². The van der Waals surface area contributed by atoms with Crippen molar-refractivity contribution >= 4 is 23.2 Å². The van der Waals surface area contributed by atoms with E-state index in [4.69, 9.17) is 5.73 Å². The number of anilines is 1. The van der Waals surface area contributed by atoms with E-state index >= 15 is 0 Å². The van der Waals surface area contributed by atoms with Crippen LogP contribution in [0.15, 0.2) is 65.9 Å². The Hall–Kier alpha value is -3.12. The number of primary amides is 1. The summed E-state index contributed by atoms with van der Waals surface area (Å²) in [6, 6.07) is 15.6. The third-order valence-corrected chi connectivity index (χ3v) is 4.42. The molecule has 0 spiro atoms. The fourth-order valence-electron chi connectivity index (χ4n) is 3.06. The number of carbonyl (C=O) groups is 2. The maximum Gasteiger partial charge on any atom is 0.316 e. The van der Waals surface area contributed by atoms with E-state index in [9.17, 15) is 14.7 Å². The molecule has 0 bridgehead atoms. The Morgan fingerprint density at radius 3 is 2.21 bits per heavy atom. The molecule has 1 aliphatic rings. The number of phenols is 1. The minimum Gasteiger partial charge on any atom is -0.508 e. The van der Waals surface area contributed by atoms with Crippen LogP contribution in [0.3, 0.4) is 0 Å². The summed E-state index contributed by atoms with van der Waals surface area (Å²) in [7, 11) is 1.81. The van der Waals surface area contributed by atoms with Crippen LogP contribution in [-0.2, 0) is 9.59 Å². The van der Waals surface area contributed by atoms with Crippen LogP contribution in [0.1, 0.15) is 6.92 Å². The maximum atomic E-state index is 12.9. The van der Waals surface area contributed by atoms with Crippen LogP contribution in [0.4, 0.5) is 11.4 Å². The van der Waals surface area contributed by atoms with Crippen LogP contribution in [0.25, 0.3) is 0 Å². The van der Waals surface area contributed by atoms with Gasteiger partial charge in [-0.2, -0.15) is 4.59 Å². The summed E-state index contributed by atoms with van der Waals surface area (Å²) in [4.78, 5) is 24.8. The van der Waals surface area contributed by atoms with Crippen molar-refractivity contribution in [1.29, 1.82) is 0 Å². The lowest BCUT2D eigenvalue weighted by Crippen LogP contribution is -2.56. The van der Waals surface area contributed by atoms with Crippen molar-refractivity contribution < 1.29 is 14.7 Å². The van der Waals surface area contributed by atoms with E-state index in [0.29, 0.717) is 11.4 Å². The van der Waals surface area contributed by atoms with E-state index in [1.165, 1.54) is 5.01 Å². The van der Waals surface area contributed by atoms with Crippen LogP contribution in [-0.4, -0.2) is 24.0 Å². The molecule has 122 valence electrons. The standard InChI is InChI=1S/C18H17N3O3/c1-12-16(17(19)23)18(24)20(13-6-4-3-5-7-13)21(12,2)14-8-10-15(22)11-9-14/h3-11H,1-2H3,(H2-,19,22,23)/p+1. The van der Waals surface area contributed by atoms with E-state index in [0.717, 1.165) is 5.69 Å². The van der Waals surface area contributed by atoms with Gasteiger partial charge in [0.05, 0.1) is 5.69 Å². The Kier molecular flexibility index (Phi) is 3.62. The molecule has 2 aromatic rings. The summed E-state index contributed by atoms with van der Waals surface area (Å²) in [6.45, 7) is 1.72. The molecule has 6 heteroatoms. The topological polar surface area (TPSA) is 83.6 Å². The quantitative estimate of drug-likeness (QED) is 0.669. The zero-order chi connectivity index (χ0) is 17.5. The van der Waals surface area contributed by atoms with Gasteiger partial charge in [0.2, 0.25) is 0 Å². The predicted octanol–water partition coefficient (Wildman–Crippen LogP) is 2.05. The fourth-order valence-corrected chi connectivity index (χ4v) is 3.06. The van der Waals surface area contributed by atoms with Crippen LogP contribution in [0.2, 0.25) is 0 Å². The number of quaternary nitrogens is 1. The molecule has 0 aliphatic carbocycles. The molecule has 2 amide bonds. The number of carbonyl (C=O) groups excluding carboxylic acids is 2. The van der Waals surface area contributed by atoms with Crippen LogP contribution in [0.5, 0.6) is 5.75 Å². The van der Waals surface area contributed by atoms with Gasteiger partial charge in [-0.15, -0.1) is 5.01 Å². The van der Waals surface area contributed by atoms with Crippen molar-refractivity contribution in [3.05, 3.63) is 65.9 Å². The van der Waals surface area contributed by atoms with Gasteiger partial charge in [0.15, 0.2) is 17.0 Å². The van der Waals surface area contributed by atoms with Crippen molar-refractivity contribution in [3.63, 3.8) is 0 Å². The number of nitrogens with two attached hydrogens (primary N) is 1. The summed E-state index contributed by atoms with van der Waals surface area (Å²) >= 11 is 0. The summed E-state index contributed by atoms with van der Waals surface area (Å²) in [5, 5.41) is 11.1. The molecule has 0 saturated heterocycles. The molecule has 1 heterocycles. The molecular weight excluding hydrogens is 306 g/mol. The highest BCUT2D eigenvalue weighted by Crippen LogP contribution is 2.40. The van der Waals surface area contributed by atoms with Crippen molar-refractivity contribution in [3.8, 4) is 5.75 Å². The first-order valence-corrected chi connectivity index (χ1v) is 7.44. The number of phenolic OH excluding ortho intramolecular Hbond substituents is 1. The fraction of sp³-hybridized carbons (Fsp3) is 0.111. The van der Waals surface area contributed by atoms with Gasteiger partial charge in [0, 0.05) is 19.1 Å². The average Bonchev–Trinajstić information content (AvgIpc) is 2.76. The Bertz CT molecular complexity index is 844. The first-order valence-electron chi connectivity index (χ1n) is 7.44. The molecule has 0 radical (unpaired) electrons. The first-order chi connectivity index (χ1) is 11.4. The van der Waals surface area contributed by atoms with Crippen molar-refractivity contribution in [2.45, 2.75) is 6.92 Å². The summed E-state index contributed by atoms with van der Waals surface area (Å²) in [5.74, 6) is -1.07. The van der Waals surface area contributed by atoms with Gasteiger partial charge in [0.1, 0.15) is 12.8 Å². The molecule has 2 aromatic carbocycles. The number of allylic oxidation sites excluding steroid dienone is 1. The van der Waals surface area contributed by atoms with E-state index in [-0.39, 0.29) is 15.9 Å². The largest absolute Gasteiger partial charge is 0.508 e. The smallest absolute Gasteiger partial charge is 0.316 e. The highest BCUT2D eigenvalue weighted by Gasteiger charge is 2.52. The molecule has 24 heavy (non-hydrogen) atoms. The van der Waals surface area contributed by atoms with Crippen molar-refractivity contribution in [1.82, 2.24) is 4.59 Å². The van der Waals surface area contributed by atoms with Gasteiger partial charge >= 0.3 is 5.91 Å². The third kappa shape index (κ3) is 2.16. The van der Waals surface area contributed by atoms with Gasteiger partial charge in [-0.05, 0) is 24.3 Å². The van der Waals surface area contributed by atoms with E-state index in [1.54, 1.807) is 43.3 Å². The highest BCUT2D eigenvalue weighted by molar-refractivity contribution is 6.26. The van der Waals surface area contributed by atoms with E-state index in [2.05, 4.69) is 0 Å². The molecule has 1 atom stereocenters. The lowest BCUT2D eigenvalue weighted by molar-refractivity contribution is -0.120. The molecule has 1 aliphatic heterocycles. The molecular formula is C18H18N3O3+. The van der Waals surface area contributed by atoms with Gasteiger partial charge < -0.3 is 10.8 Å². The highest BCUT2D eigenvalue weighted by atomic mass is 16.3. The minimum atomic E-state index is -0.751. The second kappa shape index (κ2) is 5.50. The molecule has 1 unspecified atom stereocenters. The summed E-state index contributed by atoms with van der Waals surface area (Å²) in [6.07, 6.45) is 0. The molecule has 0 aromatic heterocycles. The maximum absolute atomic E-state index is 12.9. The number of hydrogen-bond donors (Lipinski definition) is 2. The number of amides is 2. The lowest BCUT2D eigenvalue weighted by atomic mass is 10.2. The second-order valence-corrected chi connectivity index (χ2v) is 5.75. The second-order valence-electron chi connectivity index (χ2n) is 5.75. The number of benzene rings is 2. The predicted molar refractivity (Wildman–Crippen MR) is 91.6 cm³/mol. The zero-order valence-corrected chi connectivity index (χ0v) is 13.4. The van der Waals surface area contributed by atoms with Gasteiger partial charge in [-0.3, -0.25) is 9.59 Å². The summed E-state index contributed by atoms with van der Waals surface area (Å²) < 4.78 is -0.0403. The summed E-state index contributed by atoms with van der Waals surface area (Å²) in [5.41, 5.74) is 7.33. The molecule has 3 rings (SSSR count). The first kappa shape index (κ1) is 15.8. The van der Waals surface area contributed by atoms with Gasteiger partial charge in [-0.1, -0.05) is 18.2 Å². The Morgan fingerprint density at radius 1 is 1.08 bits per heavy atom. The third-order valence-electron chi connectivity index (χ3n) is 4.42. The lowest BCUT2D eigenvalue weighted by Gasteiger charge is -2.37. The normalized spacial score (nSPS) is 20.6. The SMILES string of the molecule is CC1=C(C(N)=O)C(=O)N(c2ccccc2)[N+]1(C)c1ccc(O)cc1. The average molecular weight is 324 g/mol. The molecule has 6 nitrogen and oxygen atoms in total. The molecule has 0 saturated carbocycles. The molecule has 0 fully saturated rings. The van der Waals surface area contributed by atoms with Gasteiger partial charge in [-0.25, -0.2) is 0 Å². The number of aromatic hydroxyl groups is 1. The van der Waals surface area contributed by atoms with Crippen molar-refractivity contribution in [2.75, 3.05) is 12.1 Å². The van der Waals surface area contributed by atoms with Crippen LogP contribution < -0.4 is 15.3 Å². The minimum absolute atomic E-state index is 0.0190. The van der Waals surface area contributed by atoms with E-state index in [1.807, 2.05) is 25.2 Å². The number of para-hydroxylation sites is 1. The monoisotopic (exact) mass is 324 g/mol. The molecule has 3 N–H and O–H groups in total.